The second kappa shape index (κ2) is 6.58. The van der Waals surface area contributed by atoms with Crippen LogP contribution >= 0.6 is 0 Å². The summed E-state index contributed by atoms with van der Waals surface area (Å²) in [6, 6.07) is 0.786. The second-order valence-corrected chi connectivity index (χ2v) is 5.45. The molecule has 2 unspecified atom stereocenters. The Hall–Kier alpha value is -0.120. The predicted molar refractivity (Wildman–Crippen MR) is 68.7 cm³/mol. The first-order valence-corrected chi connectivity index (χ1v) is 6.65. The number of likely N-dealkylation sites (tertiary alicyclic amines) is 1. The molecule has 2 atom stereocenters. The topological polar surface area (TPSA) is 35.5 Å². The van der Waals surface area contributed by atoms with Gasteiger partial charge < -0.3 is 15.3 Å². The third-order valence-corrected chi connectivity index (χ3v) is 4.07. The molecule has 1 rings (SSSR count). The standard InChI is InChI=1S/C13H28N2O/c1-12-7-6-10-15(12)9-5-4-8-13(2,11-16)14-3/h12,14,16H,4-11H2,1-3H3. The molecule has 0 radical (unpaired) electrons. The highest BCUT2D eigenvalue weighted by Gasteiger charge is 2.21. The van der Waals surface area contributed by atoms with Crippen LogP contribution in [-0.2, 0) is 0 Å². The van der Waals surface area contributed by atoms with Gasteiger partial charge in [0.15, 0.2) is 0 Å². The van der Waals surface area contributed by atoms with Gasteiger partial charge in [-0.05, 0) is 59.7 Å². The number of aliphatic hydroxyl groups is 1. The van der Waals surface area contributed by atoms with Crippen LogP contribution in [0.4, 0.5) is 0 Å². The number of hydrogen-bond donors (Lipinski definition) is 2. The van der Waals surface area contributed by atoms with Crippen molar-refractivity contribution in [2.24, 2.45) is 0 Å². The van der Waals surface area contributed by atoms with Gasteiger partial charge in [0.2, 0.25) is 0 Å². The third kappa shape index (κ3) is 4.04. The maximum absolute atomic E-state index is 9.27. The first-order chi connectivity index (χ1) is 7.61. The van der Waals surface area contributed by atoms with Gasteiger partial charge in [0, 0.05) is 11.6 Å². The molecule has 0 aliphatic carbocycles. The van der Waals surface area contributed by atoms with Crippen molar-refractivity contribution in [2.75, 3.05) is 26.7 Å². The Morgan fingerprint density at radius 2 is 2.19 bits per heavy atom. The van der Waals surface area contributed by atoms with Crippen molar-refractivity contribution >= 4 is 0 Å². The lowest BCUT2D eigenvalue weighted by atomic mass is 9.96. The molecule has 3 nitrogen and oxygen atoms in total. The van der Waals surface area contributed by atoms with Crippen molar-refractivity contribution in [1.29, 1.82) is 0 Å². The molecule has 96 valence electrons. The number of nitrogens with zero attached hydrogens (tertiary/aromatic N) is 1. The highest BCUT2D eigenvalue weighted by molar-refractivity contribution is 4.81. The Morgan fingerprint density at radius 1 is 1.44 bits per heavy atom. The van der Waals surface area contributed by atoms with E-state index in [1.54, 1.807) is 0 Å². The molecule has 16 heavy (non-hydrogen) atoms. The Morgan fingerprint density at radius 3 is 2.69 bits per heavy atom. The van der Waals surface area contributed by atoms with Crippen LogP contribution < -0.4 is 5.32 Å². The molecule has 0 aromatic carbocycles. The van der Waals surface area contributed by atoms with Gasteiger partial charge in [-0.2, -0.15) is 0 Å². The lowest BCUT2D eigenvalue weighted by Crippen LogP contribution is -2.43. The molecule has 1 heterocycles. The number of hydrogen-bond acceptors (Lipinski definition) is 3. The third-order valence-electron chi connectivity index (χ3n) is 4.07. The molecule has 0 amide bonds. The summed E-state index contributed by atoms with van der Waals surface area (Å²) in [5.41, 5.74) is -0.0867. The minimum atomic E-state index is -0.0867. The molecule has 3 heteroatoms. The Labute approximate surface area is 100 Å². The average molecular weight is 228 g/mol. The van der Waals surface area contributed by atoms with Crippen LogP contribution in [0, 0.1) is 0 Å². The zero-order valence-electron chi connectivity index (χ0n) is 11.1. The van der Waals surface area contributed by atoms with Crippen molar-refractivity contribution in [3.05, 3.63) is 0 Å². The summed E-state index contributed by atoms with van der Waals surface area (Å²) in [6.45, 7) is 7.16. The largest absolute Gasteiger partial charge is 0.394 e. The Balaban J connectivity index is 2.11. The minimum absolute atomic E-state index is 0.0867. The molecule has 0 aromatic rings. The minimum Gasteiger partial charge on any atom is -0.394 e. The fourth-order valence-electron chi connectivity index (χ4n) is 2.44. The van der Waals surface area contributed by atoms with E-state index in [4.69, 9.17) is 0 Å². The number of aliphatic hydroxyl groups excluding tert-OH is 1. The number of rotatable bonds is 7. The van der Waals surface area contributed by atoms with Crippen LogP contribution in [0.25, 0.3) is 0 Å². The maximum atomic E-state index is 9.27. The van der Waals surface area contributed by atoms with Gasteiger partial charge in [-0.1, -0.05) is 6.42 Å². The lowest BCUT2D eigenvalue weighted by molar-refractivity contribution is 0.168. The zero-order valence-corrected chi connectivity index (χ0v) is 11.1. The molecule has 0 aromatic heterocycles. The van der Waals surface area contributed by atoms with Gasteiger partial charge in [0.25, 0.3) is 0 Å². The molecule has 1 aliphatic heterocycles. The molecule has 0 bridgehead atoms. The summed E-state index contributed by atoms with van der Waals surface area (Å²) in [5.74, 6) is 0. The van der Waals surface area contributed by atoms with Crippen LogP contribution in [0.15, 0.2) is 0 Å². The highest BCUT2D eigenvalue weighted by Crippen LogP contribution is 2.18. The van der Waals surface area contributed by atoms with Gasteiger partial charge in [0.05, 0.1) is 6.61 Å². The molecule has 1 saturated heterocycles. The predicted octanol–water partition coefficient (Wildman–Crippen LogP) is 1.61. The van der Waals surface area contributed by atoms with Crippen LogP contribution in [0.1, 0.15) is 46.0 Å². The van der Waals surface area contributed by atoms with Gasteiger partial charge in [-0.25, -0.2) is 0 Å². The van der Waals surface area contributed by atoms with E-state index in [0.29, 0.717) is 0 Å². The smallest absolute Gasteiger partial charge is 0.0610 e. The monoisotopic (exact) mass is 228 g/mol. The van der Waals surface area contributed by atoms with E-state index in [1.807, 2.05) is 7.05 Å². The molecular weight excluding hydrogens is 200 g/mol. The van der Waals surface area contributed by atoms with E-state index in [2.05, 4.69) is 24.1 Å². The van der Waals surface area contributed by atoms with E-state index in [0.717, 1.165) is 12.5 Å². The molecule has 1 fully saturated rings. The fraction of sp³-hybridized carbons (Fsp3) is 1.00. The normalized spacial score (nSPS) is 25.9. The van der Waals surface area contributed by atoms with Crippen molar-refractivity contribution < 1.29 is 5.11 Å². The fourth-order valence-corrected chi connectivity index (χ4v) is 2.44. The van der Waals surface area contributed by atoms with Gasteiger partial charge in [-0.3, -0.25) is 0 Å². The van der Waals surface area contributed by atoms with Crippen LogP contribution in [0.3, 0.4) is 0 Å². The zero-order chi connectivity index (χ0) is 12.0. The molecule has 2 N–H and O–H groups in total. The molecule has 1 aliphatic rings. The summed E-state index contributed by atoms with van der Waals surface area (Å²) < 4.78 is 0. The summed E-state index contributed by atoms with van der Waals surface area (Å²) in [6.07, 6.45) is 6.24. The summed E-state index contributed by atoms with van der Waals surface area (Å²) in [4.78, 5) is 2.59. The van der Waals surface area contributed by atoms with Gasteiger partial charge in [0.1, 0.15) is 0 Å². The SMILES string of the molecule is CNC(C)(CO)CCCCN1CCCC1C. The van der Waals surface area contributed by atoms with E-state index in [1.165, 1.54) is 38.8 Å². The van der Waals surface area contributed by atoms with Crippen molar-refractivity contribution in [2.45, 2.75) is 57.5 Å². The van der Waals surface area contributed by atoms with Crippen molar-refractivity contribution in [3.63, 3.8) is 0 Å². The lowest BCUT2D eigenvalue weighted by Gasteiger charge is -2.27. The quantitative estimate of drug-likeness (QED) is 0.650. The van der Waals surface area contributed by atoms with Crippen LogP contribution in [0.5, 0.6) is 0 Å². The first-order valence-electron chi connectivity index (χ1n) is 6.65. The number of nitrogens with one attached hydrogen (secondary N) is 1. The summed E-state index contributed by atoms with van der Waals surface area (Å²) >= 11 is 0. The van der Waals surface area contributed by atoms with Crippen molar-refractivity contribution in [1.82, 2.24) is 10.2 Å². The Bertz CT molecular complexity index is 192. The first kappa shape index (κ1) is 13.9. The molecule has 0 spiro atoms. The van der Waals surface area contributed by atoms with Gasteiger partial charge >= 0.3 is 0 Å². The van der Waals surface area contributed by atoms with E-state index < -0.39 is 0 Å². The Kier molecular flexibility index (Phi) is 5.73. The molecule has 0 saturated carbocycles. The summed E-state index contributed by atoms with van der Waals surface area (Å²) in [7, 11) is 1.93. The van der Waals surface area contributed by atoms with Crippen LogP contribution in [0.2, 0.25) is 0 Å². The van der Waals surface area contributed by atoms with E-state index in [-0.39, 0.29) is 12.1 Å². The number of unbranched alkanes of at least 4 members (excludes halogenated alkanes) is 1. The van der Waals surface area contributed by atoms with E-state index in [9.17, 15) is 5.11 Å². The van der Waals surface area contributed by atoms with E-state index >= 15 is 0 Å². The highest BCUT2D eigenvalue weighted by atomic mass is 16.3. The number of likely N-dealkylation sites (N-methyl/N-ethyl adjacent to an activating group) is 1. The second-order valence-electron chi connectivity index (χ2n) is 5.45. The van der Waals surface area contributed by atoms with Crippen molar-refractivity contribution in [3.8, 4) is 0 Å². The average Bonchev–Trinajstić information content (AvgIpc) is 2.70. The van der Waals surface area contributed by atoms with Gasteiger partial charge in [-0.15, -0.1) is 0 Å². The summed E-state index contributed by atoms with van der Waals surface area (Å²) in [5, 5.41) is 12.5. The molecular formula is C13H28N2O. The van der Waals surface area contributed by atoms with Crippen LogP contribution in [-0.4, -0.2) is 48.3 Å². The maximum Gasteiger partial charge on any atom is 0.0610 e.